The Balaban J connectivity index is 1.85. The molecule has 2 aromatic rings. The van der Waals surface area contributed by atoms with Gasteiger partial charge in [-0.15, -0.1) is 0 Å². The lowest BCUT2D eigenvalue weighted by atomic mass is 10.00. The number of nitrogens with zero attached hydrogens (tertiary/aromatic N) is 2. The summed E-state index contributed by atoms with van der Waals surface area (Å²) in [5.41, 5.74) is 0.620. The first-order chi connectivity index (χ1) is 9.24. The highest BCUT2D eigenvalue weighted by atomic mass is 16.5. The molecule has 0 radical (unpaired) electrons. The summed E-state index contributed by atoms with van der Waals surface area (Å²) in [6, 6.07) is 4.47. The van der Waals surface area contributed by atoms with Gasteiger partial charge in [0.1, 0.15) is 0 Å². The van der Waals surface area contributed by atoms with E-state index in [-0.39, 0.29) is 17.4 Å². The fourth-order valence-electron chi connectivity index (χ4n) is 2.24. The summed E-state index contributed by atoms with van der Waals surface area (Å²) >= 11 is 0. The highest BCUT2D eigenvalue weighted by Gasteiger charge is 2.21. The number of benzene rings is 1. The molecule has 2 heterocycles. The molecule has 1 aliphatic rings. The zero-order chi connectivity index (χ0) is 13.2. The lowest BCUT2D eigenvalue weighted by molar-refractivity contribution is 0.322. The summed E-state index contributed by atoms with van der Waals surface area (Å²) in [6.45, 7) is 1.88. The van der Waals surface area contributed by atoms with Crippen molar-refractivity contribution < 1.29 is 14.7 Å². The van der Waals surface area contributed by atoms with E-state index in [9.17, 15) is 10.2 Å². The summed E-state index contributed by atoms with van der Waals surface area (Å²) in [4.78, 5) is 4.36. The van der Waals surface area contributed by atoms with Crippen molar-refractivity contribution in [2.75, 3.05) is 13.1 Å². The molecule has 1 aliphatic heterocycles. The molecule has 100 valence electrons. The van der Waals surface area contributed by atoms with E-state index in [1.807, 2.05) is 0 Å². The second-order valence-electron chi connectivity index (χ2n) is 4.70. The van der Waals surface area contributed by atoms with Crippen LogP contribution in [0.3, 0.4) is 0 Å². The minimum Gasteiger partial charge on any atom is -0.504 e. The van der Waals surface area contributed by atoms with Crippen molar-refractivity contribution in [3.63, 3.8) is 0 Å². The van der Waals surface area contributed by atoms with Gasteiger partial charge in [0.15, 0.2) is 11.5 Å². The van der Waals surface area contributed by atoms with Crippen molar-refractivity contribution in [1.29, 1.82) is 0 Å². The fourth-order valence-corrected chi connectivity index (χ4v) is 2.24. The highest BCUT2D eigenvalue weighted by molar-refractivity contribution is 5.59. The molecule has 1 aromatic heterocycles. The van der Waals surface area contributed by atoms with Gasteiger partial charge in [-0.25, -0.2) is 0 Å². The second kappa shape index (κ2) is 4.89. The van der Waals surface area contributed by atoms with Gasteiger partial charge in [-0.05, 0) is 37.6 Å². The molecule has 0 unspecified atom stereocenters. The topological polar surface area (TPSA) is 91.4 Å². The van der Waals surface area contributed by atoms with E-state index in [0.717, 1.165) is 25.9 Å². The van der Waals surface area contributed by atoms with E-state index in [1.165, 1.54) is 12.1 Å². The molecule has 0 spiro atoms. The third-order valence-corrected chi connectivity index (χ3v) is 3.32. The van der Waals surface area contributed by atoms with E-state index >= 15 is 0 Å². The predicted octanol–water partition coefficient (Wildman–Crippen LogP) is 1.61. The lowest BCUT2D eigenvalue weighted by Gasteiger charge is -2.18. The van der Waals surface area contributed by atoms with Crippen molar-refractivity contribution >= 4 is 0 Å². The number of aromatic nitrogens is 2. The van der Waals surface area contributed by atoms with Gasteiger partial charge in [0.05, 0.1) is 5.92 Å². The number of nitrogens with one attached hydrogen (secondary N) is 1. The van der Waals surface area contributed by atoms with Crippen LogP contribution in [0.1, 0.15) is 24.7 Å². The summed E-state index contributed by atoms with van der Waals surface area (Å²) < 4.78 is 5.28. The van der Waals surface area contributed by atoms with Crippen LogP contribution in [0, 0.1) is 0 Å². The Morgan fingerprint density at radius 1 is 1.26 bits per heavy atom. The van der Waals surface area contributed by atoms with Gasteiger partial charge in [-0.3, -0.25) is 0 Å². The van der Waals surface area contributed by atoms with Crippen LogP contribution < -0.4 is 5.32 Å². The summed E-state index contributed by atoms with van der Waals surface area (Å²) in [5.74, 6) is 0.943. The Morgan fingerprint density at radius 2 is 2.16 bits per heavy atom. The highest BCUT2D eigenvalue weighted by Crippen LogP contribution is 2.30. The largest absolute Gasteiger partial charge is 0.504 e. The Hall–Kier alpha value is -2.08. The molecule has 6 nitrogen and oxygen atoms in total. The molecule has 3 rings (SSSR count). The normalized spacial score (nSPS) is 19.5. The SMILES string of the molecule is Oc1ccc(-c2noc([C@@H]3CCCNC3)n2)cc1O. The Bertz CT molecular complexity index is 576. The second-order valence-corrected chi connectivity index (χ2v) is 4.70. The summed E-state index contributed by atoms with van der Waals surface area (Å²) in [7, 11) is 0. The number of phenols is 2. The maximum absolute atomic E-state index is 9.47. The number of hydrogen-bond donors (Lipinski definition) is 3. The molecule has 1 saturated heterocycles. The smallest absolute Gasteiger partial charge is 0.231 e. The van der Waals surface area contributed by atoms with Crippen LogP contribution in [0.15, 0.2) is 22.7 Å². The van der Waals surface area contributed by atoms with Gasteiger partial charge < -0.3 is 20.1 Å². The van der Waals surface area contributed by atoms with E-state index in [4.69, 9.17) is 4.52 Å². The van der Waals surface area contributed by atoms with Crippen LogP contribution >= 0.6 is 0 Å². The minimum absolute atomic E-state index is 0.163. The van der Waals surface area contributed by atoms with Crippen LogP contribution in [0.2, 0.25) is 0 Å². The molecular weight excluding hydrogens is 246 g/mol. The van der Waals surface area contributed by atoms with Crippen LogP contribution in [0.5, 0.6) is 11.5 Å². The van der Waals surface area contributed by atoms with Crippen molar-refractivity contribution in [2.24, 2.45) is 0 Å². The van der Waals surface area contributed by atoms with Crippen LogP contribution in [0.4, 0.5) is 0 Å². The average molecular weight is 261 g/mol. The molecule has 1 aromatic carbocycles. The number of piperidine rings is 1. The first-order valence-electron chi connectivity index (χ1n) is 6.31. The maximum Gasteiger partial charge on any atom is 0.231 e. The van der Waals surface area contributed by atoms with Gasteiger partial charge in [0.2, 0.25) is 11.7 Å². The van der Waals surface area contributed by atoms with Gasteiger partial charge in [0.25, 0.3) is 0 Å². The zero-order valence-corrected chi connectivity index (χ0v) is 10.3. The zero-order valence-electron chi connectivity index (χ0n) is 10.3. The molecule has 3 N–H and O–H groups in total. The molecule has 6 heteroatoms. The molecule has 1 atom stereocenters. The van der Waals surface area contributed by atoms with E-state index in [0.29, 0.717) is 17.3 Å². The monoisotopic (exact) mass is 261 g/mol. The third-order valence-electron chi connectivity index (χ3n) is 3.32. The molecule has 0 saturated carbocycles. The van der Waals surface area contributed by atoms with Gasteiger partial charge in [0, 0.05) is 12.1 Å². The van der Waals surface area contributed by atoms with Crippen LogP contribution in [-0.2, 0) is 0 Å². The Kier molecular flexibility index (Phi) is 3.08. The summed E-state index contributed by atoms with van der Waals surface area (Å²) in [5, 5.41) is 26.0. The van der Waals surface area contributed by atoms with Crippen molar-refractivity contribution in [2.45, 2.75) is 18.8 Å². The first-order valence-corrected chi connectivity index (χ1v) is 6.31. The number of hydrogen-bond acceptors (Lipinski definition) is 6. The molecule has 0 aliphatic carbocycles. The predicted molar refractivity (Wildman–Crippen MR) is 67.9 cm³/mol. The first kappa shape index (κ1) is 12.0. The number of phenolic OH excluding ortho intramolecular Hbond substituents is 2. The minimum atomic E-state index is -0.191. The van der Waals surface area contributed by atoms with Gasteiger partial charge >= 0.3 is 0 Å². The standard InChI is InChI=1S/C13H15N3O3/c17-10-4-3-8(6-11(10)18)12-15-13(19-16-12)9-2-1-5-14-7-9/h3-4,6,9,14,17-18H,1-2,5,7H2/t9-/m1/s1. The van der Waals surface area contributed by atoms with E-state index in [2.05, 4.69) is 15.5 Å². The lowest BCUT2D eigenvalue weighted by Crippen LogP contribution is -2.28. The number of rotatable bonds is 2. The molecule has 0 amide bonds. The van der Waals surface area contributed by atoms with Crippen molar-refractivity contribution in [1.82, 2.24) is 15.5 Å². The van der Waals surface area contributed by atoms with Crippen molar-refractivity contribution in [3.05, 3.63) is 24.1 Å². The Morgan fingerprint density at radius 3 is 2.89 bits per heavy atom. The average Bonchev–Trinajstić information content (AvgIpc) is 2.93. The maximum atomic E-state index is 9.47. The van der Waals surface area contributed by atoms with Crippen LogP contribution in [-0.4, -0.2) is 33.4 Å². The van der Waals surface area contributed by atoms with Crippen molar-refractivity contribution in [3.8, 4) is 22.9 Å². The summed E-state index contributed by atoms with van der Waals surface area (Å²) in [6.07, 6.45) is 2.14. The third kappa shape index (κ3) is 2.39. The number of aromatic hydroxyl groups is 2. The quantitative estimate of drug-likeness (QED) is 0.711. The molecule has 0 bridgehead atoms. The van der Waals surface area contributed by atoms with E-state index < -0.39 is 0 Å². The fraction of sp³-hybridized carbons (Fsp3) is 0.385. The molecule has 1 fully saturated rings. The molecule has 19 heavy (non-hydrogen) atoms. The van der Waals surface area contributed by atoms with Crippen LogP contribution in [0.25, 0.3) is 11.4 Å². The van der Waals surface area contributed by atoms with Gasteiger partial charge in [-0.1, -0.05) is 5.16 Å². The van der Waals surface area contributed by atoms with Gasteiger partial charge in [-0.2, -0.15) is 4.98 Å². The Labute approximate surface area is 110 Å². The van der Waals surface area contributed by atoms with E-state index in [1.54, 1.807) is 6.07 Å². The molecular formula is C13H15N3O3.